The van der Waals surface area contributed by atoms with Gasteiger partial charge in [0.25, 0.3) is 11.5 Å². The first-order valence-electron chi connectivity index (χ1n) is 11.6. The predicted molar refractivity (Wildman–Crippen MR) is 146 cm³/mol. The molecule has 1 unspecified atom stereocenters. The quantitative estimate of drug-likeness (QED) is 0.272. The van der Waals surface area contributed by atoms with Crippen LogP contribution >= 0.6 is 22.9 Å². The number of benzene rings is 3. The zero-order valence-corrected chi connectivity index (χ0v) is 20.9. The fourth-order valence-electron chi connectivity index (χ4n) is 4.77. The maximum Gasteiger partial charge on any atom is 0.284 e. The number of rotatable bonds is 4. The first-order valence-corrected chi connectivity index (χ1v) is 12.9. The zero-order valence-electron chi connectivity index (χ0n) is 19.3. The summed E-state index contributed by atoms with van der Waals surface area (Å²) in [5.74, 6) is -0.704. The molecule has 1 aliphatic heterocycles. The summed E-state index contributed by atoms with van der Waals surface area (Å²) in [6.07, 6.45) is 0.253. The van der Waals surface area contributed by atoms with Gasteiger partial charge in [-0.15, -0.1) is 11.3 Å². The number of hydrogen-bond acceptors (Lipinski definition) is 4. The summed E-state index contributed by atoms with van der Waals surface area (Å²) in [4.78, 5) is 30.5. The number of thiophene rings is 1. The number of hydrazone groups is 1. The number of nitrogens with zero attached hydrogens (tertiary/aromatic N) is 2. The van der Waals surface area contributed by atoms with Crippen molar-refractivity contribution < 1.29 is 9.18 Å². The number of H-pyrrole nitrogens is 1. The number of hydrogen-bond donors (Lipinski definition) is 1. The van der Waals surface area contributed by atoms with Gasteiger partial charge in [0.05, 0.1) is 22.2 Å². The molecular formula is C29H19ClFN3O2S. The van der Waals surface area contributed by atoms with Gasteiger partial charge < -0.3 is 4.98 Å². The third-order valence-corrected chi connectivity index (χ3v) is 7.54. The Morgan fingerprint density at radius 3 is 2.57 bits per heavy atom. The Kier molecular flexibility index (Phi) is 5.94. The lowest BCUT2D eigenvalue weighted by molar-refractivity contribution is 0.0716. The van der Waals surface area contributed by atoms with Gasteiger partial charge in [-0.2, -0.15) is 5.10 Å². The molecule has 6 rings (SSSR count). The third-order valence-electron chi connectivity index (χ3n) is 6.43. The van der Waals surface area contributed by atoms with E-state index >= 15 is 0 Å². The maximum atomic E-state index is 14.2. The van der Waals surface area contributed by atoms with E-state index in [1.807, 2.05) is 41.8 Å². The number of halogens is 2. The third kappa shape index (κ3) is 4.26. The SMILES string of the molecule is O=C(c1cccs1)N1N=C(c2c(-c3ccc(Cl)cc3)c3ccccc3[nH]c2=O)CC1c1cccc(F)c1. The molecule has 37 heavy (non-hydrogen) atoms. The summed E-state index contributed by atoms with van der Waals surface area (Å²) in [6, 6.07) is 23.9. The van der Waals surface area contributed by atoms with Gasteiger partial charge in [0.2, 0.25) is 0 Å². The van der Waals surface area contributed by atoms with Crippen LogP contribution in [0.3, 0.4) is 0 Å². The number of aromatic amines is 1. The molecule has 3 heterocycles. The minimum absolute atomic E-state index is 0.253. The predicted octanol–water partition coefficient (Wildman–Crippen LogP) is 7.04. The summed E-state index contributed by atoms with van der Waals surface area (Å²) >= 11 is 7.46. The Labute approximate surface area is 220 Å². The van der Waals surface area contributed by atoms with Crippen molar-refractivity contribution in [3.05, 3.63) is 128 Å². The van der Waals surface area contributed by atoms with Crippen molar-refractivity contribution in [1.29, 1.82) is 0 Å². The van der Waals surface area contributed by atoms with Crippen molar-refractivity contribution in [3.8, 4) is 11.1 Å². The number of fused-ring (bicyclic) bond motifs is 1. The van der Waals surface area contributed by atoms with Crippen LogP contribution in [-0.4, -0.2) is 21.6 Å². The van der Waals surface area contributed by atoms with Crippen molar-refractivity contribution in [2.24, 2.45) is 5.10 Å². The highest BCUT2D eigenvalue weighted by Gasteiger charge is 2.36. The highest BCUT2D eigenvalue weighted by molar-refractivity contribution is 7.12. The molecule has 0 fully saturated rings. The van der Waals surface area contributed by atoms with Gasteiger partial charge in [0.15, 0.2) is 0 Å². The fourth-order valence-corrected chi connectivity index (χ4v) is 5.55. The molecule has 1 atom stereocenters. The highest BCUT2D eigenvalue weighted by Crippen LogP contribution is 2.38. The van der Waals surface area contributed by atoms with Crippen molar-refractivity contribution in [3.63, 3.8) is 0 Å². The molecule has 1 N–H and O–H groups in total. The molecule has 5 aromatic rings. The standard InChI is InChI=1S/C29H19ClFN3O2S/c30-19-12-10-17(11-13-19)26-21-7-1-2-8-22(21)32-28(35)27(26)23-16-24(18-5-3-6-20(31)15-18)34(33-23)29(36)25-9-4-14-37-25/h1-15,24H,16H2,(H,32,35). The molecule has 1 aliphatic rings. The highest BCUT2D eigenvalue weighted by atomic mass is 35.5. The van der Waals surface area contributed by atoms with Gasteiger partial charge in [-0.05, 0) is 52.9 Å². The molecule has 0 radical (unpaired) electrons. The van der Waals surface area contributed by atoms with Crippen LogP contribution in [0.25, 0.3) is 22.0 Å². The van der Waals surface area contributed by atoms with Crippen molar-refractivity contribution in [2.75, 3.05) is 0 Å². The van der Waals surface area contributed by atoms with Gasteiger partial charge >= 0.3 is 0 Å². The number of carbonyl (C=O) groups is 1. The van der Waals surface area contributed by atoms with Gasteiger partial charge in [-0.3, -0.25) is 9.59 Å². The number of para-hydroxylation sites is 1. The normalized spacial score (nSPS) is 15.2. The Hall–Kier alpha value is -4.07. The van der Waals surface area contributed by atoms with E-state index in [-0.39, 0.29) is 17.9 Å². The summed E-state index contributed by atoms with van der Waals surface area (Å²) in [5, 5.41) is 9.32. The number of pyridine rings is 1. The van der Waals surface area contributed by atoms with Crippen LogP contribution in [0.15, 0.2) is 100 Å². The number of carbonyl (C=O) groups excluding carboxylic acids is 1. The summed E-state index contributed by atoms with van der Waals surface area (Å²) < 4.78 is 14.2. The fraction of sp³-hybridized carbons (Fsp3) is 0.0690. The monoisotopic (exact) mass is 527 g/mol. The van der Waals surface area contributed by atoms with Gasteiger partial charge in [0, 0.05) is 27.9 Å². The smallest absolute Gasteiger partial charge is 0.284 e. The molecule has 0 saturated heterocycles. The van der Waals surface area contributed by atoms with E-state index in [0.29, 0.717) is 37.8 Å². The molecule has 0 aliphatic carbocycles. The van der Waals surface area contributed by atoms with E-state index in [0.717, 1.165) is 10.9 Å². The van der Waals surface area contributed by atoms with E-state index in [4.69, 9.17) is 16.7 Å². The average Bonchev–Trinajstić information content (AvgIpc) is 3.59. The van der Waals surface area contributed by atoms with Crippen LogP contribution in [0.5, 0.6) is 0 Å². The van der Waals surface area contributed by atoms with Crippen molar-refractivity contribution in [1.82, 2.24) is 9.99 Å². The largest absolute Gasteiger partial charge is 0.321 e. The Morgan fingerprint density at radius 2 is 1.81 bits per heavy atom. The lowest BCUT2D eigenvalue weighted by Crippen LogP contribution is -2.26. The number of aromatic nitrogens is 1. The number of nitrogens with one attached hydrogen (secondary N) is 1. The molecule has 0 spiro atoms. The minimum Gasteiger partial charge on any atom is -0.321 e. The lowest BCUT2D eigenvalue weighted by atomic mass is 9.91. The first kappa shape index (κ1) is 23.3. The van der Waals surface area contributed by atoms with Crippen LogP contribution in [-0.2, 0) is 0 Å². The summed E-state index contributed by atoms with van der Waals surface area (Å²) in [7, 11) is 0. The Bertz CT molecular complexity index is 1730. The second-order valence-electron chi connectivity index (χ2n) is 8.71. The minimum atomic E-state index is -0.566. The summed E-state index contributed by atoms with van der Waals surface area (Å²) in [6.45, 7) is 0. The molecular weight excluding hydrogens is 509 g/mol. The topological polar surface area (TPSA) is 65.5 Å². The van der Waals surface area contributed by atoms with Crippen LogP contribution in [0.1, 0.15) is 33.3 Å². The summed E-state index contributed by atoms with van der Waals surface area (Å²) in [5.41, 5.74) is 3.32. The van der Waals surface area contributed by atoms with E-state index in [9.17, 15) is 14.0 Å². The van der Waals surface area contributed by atoms with E-state index in [1.54, 1.807) is 36.4 Å². The van der Waals surface area contributed by atoms with Crippen molar-refractivity contribution >= 4 is 45.5 Å². The second kappa shape index (κ2) is 9.42. The molecule has 5 nitrogen and oxygen atoms in total. The number of amides is 1. The average molecular weight is 528 g/mol. The first-order chi connectivity index (χ1) is 18.0. The molecule has 1 amide bonds. The van der Waals surface area contributed by atoms with Crippen LogP contribution < -0.4 is 5.56 Å². The van der Waals surface area contributed by atoms with E-state index < -0.39 is 11.9 Å². The van der Waals surface area contributed by atoms with E-state index in [1.165, 1.54) is 28.5 Å². The van der Waals surface area contributed by atoms with Crippen LogP contribution in [0.2, 0.25) is 5.02 Å². The molecule has 0 saturated carbocycles. The van der Waals surface area contributed by atoms with Crippen LogP contribution in [0, 0.1) is 5.82 Å². The van der Waals surface area contributed by atoms with Gasteiger partial charge in [-0.25, -0.2) is 9.40 Å². The van der Waals surface area contributed by atoms with E-state index in [2.05, 4.69) is 4.98 Å². The second-order valence-corrected chi connectivity index (χ2v) is 10.1. The Morgan fingerprint density at radius 1 is 1.00 bits per heavy atom. The Balaban J connectivity index is 1.57. The van der Waals surface area contributed by atoms with Gasteiger partial charge in [-0.1, -0.05) is 60.1 Å². The molecule has 0 bridgehead atoms. The van der Waals surface area contributed by atoms with Gasteiger partial charge in [0.1, 0.15) is 5.82 Å². The lowest BCUT2D eigenvalue weighted by Gasteiger charge is -2.21. The van der Waals surface area contributed by atoms with Crippen molar-refractivity contribution in [2.45, 2.75) is 12.5 Å². The maximum absolute atomic E-state index is 14.2. The molecule has 8 heteroatoms. The molecule has 182 valence electrons. The molecule has 2 aromatic heterocycles. The van der Waals surface area contributed by atoms with Crippen LogP contribution in [0.4, 0.5) is 4.39 Å². The molecule has 3 aromatic carbocycles. The zero-order chi connectivity index (χ0) is 25.5.